The Labute approximate surface area is 118 Å². The van der Waals surface area contributed by atoms with E-state index in [0.717, 1.165) is 19.3 Å². The number of nitrogens with one attached hydrogen (secondary N) is 2. The third kappa shape index (κ3) is 5.04. The van der Waals surface area contributed by atoms with Crippen molar-refractivity contribution >= 4 is 23.3 Å². The molecular weight excluding hydrogens is 264 g/mol. The van der Waals surface area contributed by atoms with Gasteiger partial charge in [0.05, 0.1) is 5.02 Å². The number of amides is 1. The molecule has 6 heteroatoms. The molecule has 0 fully saturated rings. The Bertz CT molecular complexity index is 425. The fourth-order valence-electron chi connectivity index (χ4n) is 1.75. The standard InChI is InChI=1S/C13H21ClN4O/c1-3-4-5-6-9(2)16-13(19)12-10(14)7-8-11(17-12)18-15/h7-9H,3-6,15H2,1-2H3,(H,16,19)(H,17,18). The van der Waals surface area contributed by atoms with Crippen LogP contribution in [0.4, 0.5) is 5.82 Å². The minimum atomic E-state index is -0.272. The molecule has 1 aromatic rings. The molecule has 0 radical (unpaired) electrons. The Hall–Kier alpha value is -1.33. The number of halogens is 1. The van der Waals surface area contributed by atoms with Crippen LogP contribution in [0.3, 0.4) is 0 Å². The van der Waals surface area contributed by atoms with Gasteiger partial charge in [0.25, 0.3) is 5.91 Å². The summed E-state index contributed by atoms with van der Waals surface area (Å²) >= 11 is 5.97. The van der Waals surface area contributed by atoms with Crippen LogP contribution in [0, 0.1) is 0 Å². The van der Waals surface area contributed by atoms with Crippen molar-refractivity contribution in [1.29, 1.82) is 0 Å². The van der Waals surface area contributed by atoms with Gasteiger partial charge in [-0.3, -0.25) is 4.79 Å². The van der Waals surface area contributed by atoms with Crippen LogP contribution in [0.25, 0.3) is 0 Å². The van der Waals surface area contributed by atoms with Crippen molar-refractivity contribution in [3.8, 4) is 0 Å². The number of hydrazine groups is 1. The van der Waals surface area contributed by atoms with Gasteiger partial charge in [-0.05, 0) is 25.5 Å². The highest BCUT2D eigenvalue weighted by Gasteiger charge is 2.15. The van der Waals surface area contributed by atoms with Gasteiger partial charge in [-0.15, -0.1) is 0 Å². The van der Waals surface area contributed by atoms with Crippen molar-refractivity contribution in [2.45, 2.75) is 45.6 Å². The second-order valence-corrected chi connectivity index (χ2v) is 4.95. The molecule has 0 bridgehead atoms. The number of anilines is 1. The average molecular weight is 285 g/mol. The van der Waals surface area contributed by atoms with Crippen molar-refractivity contribution in [3.05, 3.63) is 22.8 Å². The Kier molecular flexibility index (Phi) is 6.59. The minimum absolute atomic E-state index is 0.103. The summed E-state index contributed by atoms with van der Waals surface area (Å²) in [7, 11) is 0. The van der Waals surface area contributed by atoms with Gasteiger partial charge in [-0.2, -0.15) is 0 Å². The lowest BCUT2D eigenvalue weighted by Gasteiger charge is -2.14. The second kappa shape index (κ2) is 7.96. The third-order valence-electron chi connectivity index (χ3n) is 2.83. The molecule has 0 aliphatic heterocycles. The molecule has 1 aromatic heterocycles. The highest BCUT2D eigenvalue weighted by atomic mass is 35.5. The SMILES string of the molecule is CCCCCC(C)NC(=O)c1nc(NN)ccc1Cl. The van der Waals surface area contributed by atoms with E-state index in [-0.39, 0.29) is 17.6 Å². The lowest BCUT2D eigenvalue weighted by Crippen LogP contribution is -2.33. The number of carbonyl (C=O) groups excluding carboxylic acids is 1. The van der Waals surface area contributed by atoms with Crippen LogP contribution in [0.15, 0.2) is 12.1 Å². The van der Waals surface area contributed by atoms with Crippen molar-refractivity contribution < 1.29 is 4.79 Å². The molecule has 0 aromatic carbocycles. The molecule has 0 aliphatic carbocycles. The molecule has 0 saturated heterocycles. The quantitative estimate of drug-likeness (QED) is 0.409. The summed E-state index contributed by atoms with van der Waals surface area (Å²) in [5.41, 5.74) is 2.59. The number of hydrogen-bond acceptors (Lipinski definition) is 4. The zero-order valence-corrected chi connectivity index (χ0v) is 12.1. The maximum atomic E-state index is 12.1. The van der Waals surface area contributed by atoms with E-state index in [1.54, 1.807) is 12.1 Å². The van der Waals surface area contributed by atoms with E-state index in [2.05, 4.69) is 22.7 Å². The number of nitrogen functional groups attached to an aromatic ring is 1. The lowest BCUT2D eigenvalue weighted by molar-refractivity contribution is 0.0933. The van der Waals surface area contributed by atoms with Gasteiger partial charge in [-0.25, -0.2) is 10.8 Å². The summed E-state index contributed by atoms with van der Waals surface area (Å²) in [5.74, 6) is 5.40. The van der Waals surface area contributed by atoms with Gasteiger partial charge in [0.2, 0.25) is 0 Å². The van der Waals surface area contributed by atoms with Crippen LogP contribution in [0.2, 0.25) is 5.02 Å². The summed E-state index contributed by atoms with van der Waals surface area (Å²) in [6.07, 6.45) is 4.39. The van der Waals surface area contributed by atoms with Crippen LogP contribution >= 0.6 is 11.6 Å². The molecule has 19 heavy (non-hydrogen) atoms. The predicted molar refractivity (Wildman–Crippen MR) is 78.1 cm³/mol. The first-order chi connectivity index (χ1) is 9.08. The Balaban J connectivity index is 2.62. The largest absolute Gasteiger partial charge is 0.348 e. The van der Waals surface area contributed by atoms with Gasteiger partial charge < -0.3 is 10.7 Å². The summed E-state index contributed by atoms with van der Waals surface area (Å²) < 4.78 is 0. The van der Waals surface area contributed by atoms with Crippen molar-refractivity contribution in [3.63, 3.8) is 0 Å². The van der Waals surface area contributed by atoms with Gasteiger partial charge >= 0.3 is 0 Å². The monoisotopic (exact) mass is 284 g/mol. The topological polar surface area (TPSA) is 80.0 Å². The normalized spacial score (nSPS) is 12.0. The first kappa shape index (κ1) is 15.7. The molecule has 4 N–H and O–H groups in total. The maximum absolute atomic E-state index is 12.1. The number of carbonyl (C=O) groups is 1. The van der Waals surface area contributed by atoms with Gasteiger partial charge in [-0.1, -0.05) is 37.8 Å². The Morgan fingerprint density at radius 3 is 2.84 bits per heavy atom. The highest BCUT2D eigenvalue weighted by Crippen LogP contribution is 2.16. The molecule has 0 aliphatic rings. The number of aromatic nitrogens is 1. The molecule has 1 amide bonds. The molecule has 1 unspecified atom stereocenters. The van der Waals surface area contributed by atoms with Crippen LogP contribution in [-0.4, -0.2) is 16.9 Å². The fourth-order valence-corrected chi connectivity index (χ4v) is 1.94. The first-order valence-corrected chi connectivity index (χ1v) is 6.90. The van der Waals surface area contributed by atoms with Crippen molar-refractivity contribution in [2.24, 2.45) is 5.84 Å². The van der Waals surface area contributed by atoms with Gasteiger partial charge in [0, 0.05) is 6.04 Å². The van der Waals surface area contributed by atoms with Crippen LogP contribution < -0.4 is 16.6 Å². The van der Waals surface area contributed by atoms with E-state index < -0.39 is 0 Å². The smallest absolute Gasteiger partial charge is 0.271 e. The molecule has 5 nitrogen and oxygen atoms in total. The van der Waals surface area contributed by atoms with Crippen LogP contribution in [0.1, 0.15) is 50.0 Å². The Morgan fingerprint density at radius 2 is 2.21 bits per heavy atom. The molecule has 0 saturated carbocycles. The first-order valence-electron chi connectivity index (χ1n) is 6.52. The molecule has 0 spiro atoms. The van der Waals surface area contributed by atoms with Crippen molar-refractivity contribution in [2.75, 3.05) is 5.43 Å². The maximum Gasteiger partial charge on any atom is 0.271 e. The summed E-state index contributed by atoms with van der Waals surface area (Å²) in [5, 5.41) is 3.21. The van der Waals surface area contributed by atoms with E-state index in [4.69, 9.17) is 17.4 Å². The van der Waals surface area contributed by atoms with E-state index in [9.17, 15) is 4.79 Å². The van der Waals surface area contributed by atoms with Crippen LogP contribution in [-0.2, 0) is 0 Å². The lowest BCUT2D eigenvalue weighted by atomic mass is 10.1. The van der Waals surface area contributed by atoms with Gasteiger partial charge in [0.15, 0.2) is 0 Å². The van der Waals surface area contributed by atoms with E-state index in [1.807, 2.05) is 6.92 Å². The second-order valence-electron chi connectivity index (χ2n) is 4.54. The molecular formula is C13H21ClN4O. The van der Waals surface area contributed by atoms with Gasteiger partial charge in [0.1, 0.15) is 11.5 Å². The molecule has 1 heterocycles. The highest BCUT2D eigenvalue weighted by molar-refractivity contribution is 6.33. The average Bonchev–Trinajstić information content (AvgIpc) is 2.39. The molecule has 1 atom stereocenters. The third-order valence-corrected chi connectivity index (χ3v) is 3.13. The van der Waals surface area contributed by atoms with E-state index in [1.165, 1.54) is 6.42 Å². The predicted octanol–water partition coefficient (Wildman–Crippen LogP) is 2.72. The fraction of sp³-hybridized carbons (Fsp3) is 0.538. The summed E-state index contributed by atoms with van der Waals surface area (Å²) in [6, 6.07) is 3.32. The molecule has 106 valence electrons. The number of pyridine rings is 1. The zero-order chi connectivity index (χ0) is 14.3. The van der Waals surface area contributed by atoms with Crippen molar-refractivity contribution in [1.82, 2.24) is 10.3 Å². The molecule has 1 rings (SSSR count). The Morgan fingerprint density at radius 1 is 1.47 bits per heavy atom. The number of hydrogen-bond donors (Lipinski definition) is 3. The number of unbranched alkanes of at least 4 members (excludes halogenated alkanes) is 2. The zero-order valence-electron chi connectivity index (χ0n) is 11.4. The summed E-state index contributed by atoms with van der Waals surface area (Å²) in [6.45, 7) is 4.13. The number of rotatable bonds is 7. The number of nitrogens with zero attached hydrogens (tertiary/aromatic N) is 1. The number of nitrogens with two attached hydrogens (primary N) is 1. The summed E-state index contributed by atoms with van der Waals surface area (Å²) in [4.78, 5) is 16.1. The van der Waals surface area contributed by atoms with E-state index in [0.29, 0.717) is 10.8 Å². The van der Waals surface area contributed by atoms with Crippen LogP contribution in [0.5, 0.6) is 0 Å². The minimum Gasteiger partial charge on any atom is -0.348 e. The van der Waals surface area contributed by atoms with E-state index >= 15 is 0 Å².